The molecule has 0 aliphatic rings. The zero-order valence-electron chi connectivity index (χ0n) is 21.6. The van der Waals surface area contributed by atoms with E-state index in [0.29, 0.717) is 10.6 Å². The van der Waals surface area contributed by atoms with Gasteiger partial charge in [-0.3, -0.25) is 18.7 Å². The summed E-state index contributed by atoms with van der Waals surface area (Å²) in [4.78, 5) is 44.5. The van der Waals surface area contributed by atoms with Gasteiger partial charge in [-0.15, -0.1) is 0 Å². The molecule has 0 bridgehead atoms. The molecule has 0 aliphatic heterocycles. The normalized spacial score (nSPS) is 12.6. The molecule has 212 valence electrons. The van der Waals surface area contributed by atoms with Crippen LogP contribution < -0.4 is 11.2 Å². The molecule has 1 N–H and O–H groups in total. The van der Waals surface area contributed by atoms with E-state index in [2.05, 4.69) is 4.98 Å². The number of hydrogen-bond acceptors (Lipinski definition) is 6. The van der Waals surface area contributed by atoms with Crippen LogP contribution >= 0.6 is 11.6 Å². The largest absolute Gasteiger partial charge is 0.465 e. The van der Waals surface area contributed by atoms with E-state index in [1.807, 2.05) is 0 Å². The van der Waals surface area contributed by atoms with Crippen molar-refractivity contribution >= 4 is 28.7 Å². The molecule has 2 heterocycles. The number of aromatic nitrogens is 4. The van der Waals surface area contributed by atoms with Gasteiger partial charge in [-0.1, -0.05) is 41.9 Å². The summed E-state index contributed by atoms with van der Waals surface area (Å²) in [5, 5.41) is 9.73. The van der Waals surface area contributed by atoms with Crippen LogP contribution in [0.4, 0.5) is 13.2 Å². The monoisotopic (exact) mass is 578 g/mol. The Hall–Kier alpha value is -3.90. The molecule has 4 rings (SSSR count). The SMILES string of the molecule is CCOC(=O)C(c1cccc(C(F)(F)F)c1)c1nc2c(c(=O)n(CCCO)c(=O)n2C)n1Cc1ccc(Cl)cc1. The van der Waals surface area contributed by atoms with Crippen LogP contribution in [0.2, 0.25) is 5.02 Å². The van der Waals surface area contributed by atoms with Crippen LogP contribution in [0.25, 0.3) is 11.2 Å². The van der Waals surface area contributed by atoms with Gasteiger partial charge in [0.1, 0.15) is 11.7 Å². The molecular weight excluding hydrogens is 553 g/mol. The molecule has 0 radical (unpaired) electrons. The molecule has 13 heteroatoms. The molecule has 9 nitrogen and oxygen atoms in total. The van der Waals surface area contributed by atoms with Crippen LogP contribution in [-0.2, 0) is 35.8 Å². The van der Waals surface area contributed by atoms with Crippen molar-refractivity contribution in [1.82, 2.24) is 18.7 Å². The first-order valence-corrected chi connectivity index (χ1v) is 12.7. The third kappa shape index (κ3) is 5.68. The quantitative estimate of drug-likeness (QED) is 0.304. The maximum atomic E-state index is 13.6. The molecule has 0 saturated heterocycles. The maximum absolute atomic E-state index is 13.6. The van der Waals surface area contributed by atoms with Crippen molar-refractivity contribution in [2.24, 2.45) is 7.05 Å². The summed E-state index contributed by atoms with van der Waals surface area (Å²) in [6, 6.07) is 10.9. The minimum absolute atomic E-state index is 0.0225. The van der Waals surface area contributed by atoms with E-state index in [1.165, 1.54) is 23.7 Å². The average molecular weight is 579 g/mol. The number of nitrogens with zero attached hydrogens (tertiary/aromatic N) is 4. The number of carbonyl (C=O) groups is 1. The smallest absolute Gasteiger partial charge is 0.416 e. The second kappa shape index (κ2) is 11.7. The molecule has 4 aromatic rings. The summed E-state index contributed by atoms with van der Waals surface area (Å²) >= 11 is 6.03. The highest BCUT2D eigenvalue weighted by Gasteiger charge is 2.35. The number of fused-ring (bicyclic) bond motifs is 1. The number of benzene rings is 2. The number of aryl methyl sites for hydroxylation is 1. The third-order valence-electron chi connectivity index (χ3n) is 6.38. The van der Waals surface area contributed by atoms with Gasteiger partial charge >= 0.3 is 17.8 Å². The van der Waals surface area contributed by atoms with Crippen molar-refractivity contribution in [2.45, 2.75) is 38.5 Å². The first-order chi connectivity index (χ1) is 19.0. The fourth-order valence-electron chi connectivity index (χ4n) is 4.48. The Morgan fingerprint density at radius 2 is 1.82 bits per heavy atom. The van der Waals surface area contributed by atoms with Gasteiger partial charge in [-0.25, -0.2) is 9.78 Å². The highest BCUT2D eigenvalue weighted by atomic mass is 35.5. The molecule has 40 heavy (non-hydrogen) atoms. The Morgan fingerprint density at radius 3 is 2.45 bits per heavy atom. The average Bonchev–Trinajstić information content (AvgIpc) is 3.27. The summed E-state index contributed by atoms with van der Waals surface area (Å²) in [7, 11) is 1.40. The van der Waals surface area contributed by atoms with Crippen molar-refractivity contribution in [3.63, 3.8) is 0 Å². The zero-order chi connectivity index (χ0) is 29.2. The number of ether oxygens (including phenoxy) is 1. The van der Waals surface area contributed by atoms with Crippen LogP contribution in [0, 0.1) is 0 Å². The number of rotatable bonds is 9. The highest BCUT2D eigenvalue weighted by molar-refractivity contribution is 6.30. The predicted molar refractivity (Wildman–Crippen MR) is 141 cm³/mol. The minimum Gasteiger partial charge on any atom is -0.465 e. The molecule has 0 saturated carbocycles. The van der Waals surface area contributed by atoms with Crippen molar-refractivity contribution in [1.29, 1.82) is 0 Å². The fraction of sp³-hybridized carbons (Fsp3) is 0.333. The van der Waals surface area contributed by atoms with Crippen LogP contribution in [0.15, 0.2) is 58.1 Å². The number of aliphatic hydroxyl groups excluding tert-OH is 1. The van der Waals surface area contributed by atoms with Gasteiger partial charge < -0.3 is 14.4 Å². The lowest BCUT2D eigenvalue weighted by molar-refractivity contribution is -0.144. The number of aliphatic hydroxyl groups is 1. The number of alkyl halides is 3. The first-order valence-electron chi connectivity index (χ1n) is 12.4. The molecule has 1 unspecified atom stereocenters. The second-order valence-corrected chi connectivity index (χ2v) is 9.48. The summed E-state index contributed by atoms with van der Waals surface area (Å²) in [5.74, 6) is -2.41. The molecule has 0 aliphatic carbocycles. The van der Waals surface area contributed by atoms with Gasteiger partial charge in [0.15, 0.2) is 11.2 Å². The van der Waals surface area contributed by atoms with E-state index in [9.17, 15) is 32.7 Å². The fourth-order valence-corrected chi connectivity index (χ4v) is 4.60. The molecule has 2 aromatic carbocycles. The summed E-state index contributed by atoms with van der Waals surface area (Å²) < 4.78 is 49.5. The van der Waals surface area contributed by atoms with E-state index in [0.717, 1.165) is 21.3 Å². The van der Waals surface area contributed by atoms with Gasteiger partial charge in [0.2, 0.25) is 0 Å². The molecular formula is C27H26ClF3N4O5. The van der Waals surface area contributed by atoms with Crippen molar-refractivity contribution < 1.29 is 27.8 Å². The standard InChI is InChI=1S/C27H26ClF3N4O5/c1-3-40-25(38)20(17-6-4-7-18(14-17)27(29,30)31)22-32-23-21(35(22)15-16-8-10-19(28)11-9-16)24(37)34(12-5-13-36)26(39)33(23)2/h4,6-11,14,20,36H,3,5,12-13,15H2,1-2H3. The Labute approximate surface area is 231 Å². The first kappa shape index (κ1) is 29.1. The minimum atomic E-state index is -4.68. The Bertz CT molecular complexity index is 1660. The second-order valence-electron chi connectivity index (χ2n) is 9.04. The van der Waals surface area contributed by atoms with Crippen molar-refractivity contribution in [3.05, 3.63) is 96.9 Å². The number of carbonyl (C=O) groups excluding carboxylic acids is 1. The van der Waals surface area contributed by atoms with E-state index in [1.54, 1.807) is 31.2 Å². The predicted octanol–water partition coefficient (Wildman–Crippen LogP) is 3.69. The topological polar surface area (TPSA) is 108 Å². The van der Waals surface area contributed by atoms with Crippen molar-refractivity contribution in [3.8, 4) is 0 Å². The van der Waals surface area contributed by atoms with Gasteiger partial charge in [0.05, 0.1) is 12.2 Å². The van der Waals surface area contributed by atoms with Crippen molar-refractivity contribution in [2.75, 3.05) is 13.2 Å². The lowest BCUT2D eigenvalue weighted by atomic mass is 9.96. The van der Waals surface area contributed by atoms with Gasteiger partial charge in [0, 0.05) is 31.8 Å². The van der Waals surface area contributed by atoms with E-state index in [-0.39, 0.29) is 55.3 Å². The Morgan fingerprint density at radius 1 is 1.12 bits per heavy atom. The van der Waals surface area contributed by atoms with Gasteiger partial charge in [0.25, 0.3) is 5.56 Å². The molecule has 1 atom stereocenters. The van der Waals surface area contributed by atoms with E-state index in [4.69, 9.17) is 16.3 Å². The Balaban J connectivity index is 2.07. The zero-order valence-corrected chi connectivity index (χ0v) is 22.4. The van der Waals surface area contributed by atoms with E-state index >= 15 is 0 Å². The Kier molecular flexibility index (Phi) is 8.50. The lowest BCUT2D eigenvalue weighted by Crippen LogP contribution is -2.40. The number of halogens is 4. The van der Waals surface area contributed by atoms with Crippen LogP contribution in [0.5, 0.6) is 0 Å². The number of imidazole rings is 1. The van der Waals surface area contributed by atoms with Gasteiger partial charge in [-0.2, -0.15) is 13.2 Å². The number of esters is 1. The lowest BCUT2D eigenvalue weighted by Gasteiger charge is -2.19. The molecule has 2 aromatic heterocycles. The van der Waals surface area contributed by atoms with Crippen LogP contribution in [-0.4, -0.2) is 43.0 Å². The summed E-state index contributed by atoms with van der Waals surface area (Å²) in [6.45, 7) is 1.14. The molecule has 0 spiro atoms. The van der Waals surface area contributed by atoms with Gasteiger partial charge in [-0.05, 0) is 42.7 Å². The molecule has 0 amide bonds. The third-order valence-corrected chi connectivity index (χ3v) is 6.64. The summed E-state index contributed by atoms with van der Waals surface area (Å²) in [5.41, 5.74) is -1.88. The maximum Gasteiger partial charge on any atom is 0.416 e. The summed E-state index contributed by atoms with van der Waals surface area (Å²) in [6.07, 6.45) is -4.54. The van der Waals surface area contributed by atoms with E-state index < -0.39 is 34.9 Å². The highest BCUT2D eigenvalue weighted by Crippen LogP contribution is 2.34. The van der Waals surface area contributed by atoms with Crippen LogP contribution in [0.3, 0.4) is 0 Å². The molecule has 0 fully saturated rings. The van der Waals surface area contributed by atoms with Crippen LogP contribution in [0.1, 0.15) is 41.8 Å². The number of hydrogen-bond donors (Lipinski definition) is 1.